The number of nitro groups is 1. The number of aliphatic hydroxyl groups is 1. The van der Waals surface area contributed by atoms with E-state index in [2.05, 4.69) is 5.32 Å². The Balaban J connectivity index is 2.80. The zero-order valence-electron chi connectivity index (χ0n) is 10.3. The molecule has 6 heteroatoms. The topological polar surface area (TPSA) is 92.5 Å². The molecule has 6 nitrogen and oxygen atoms in total. The first-order valence-corrected chi connectivity index (χ1v) is 5.63. The SMILES string of the molecule is Cc1c(C(=O)NCCC(C)O)cccc1[N+](=O)[O-]. The molecule has 18 heavy (non-hydrogen) atoms. The van der Waals surface area contributed by atoms with Crippen LogP contribution >= 0.6 is 0 Å². The van der Waals surface area contributed by atoms with E-state index in [0.29, 0.717) is 18.5 Å². The molecule has 1 amide bonds. The lowest BCUT2D eigenvalue weighted by Crippen LogP contribution is -2.27. The molecule has 0 radical (unpaired) electrons. The van der Waals surface area contributed by atoms with Gasteiger partial charge in [0.15, 0.2) is 0 Å². The second kappa shape index (κ2) is 6.11. The van der Waals surface area contributed by atoms with Crippen molar-refractivity contribution in [3.8, 4) is 0 Å². The van der Waals surface area contributed by atoms with Crippen molar-refractivity contribution in [1.29, 1.82) is 0 Å². The van der Waals surface area contributed by atoms with Crippen LogP contribution in [0.2, 0.25) is 0 Å². The molecule has 1 atom stereocenters. The summed E-state index contributed by atoms with van der Waals surface area (Å²) >= 11 is 0. The van der Waals surface area contributed by atoms with Gasteiger partial charge in [-0.25, -0.2) is 0 Å². The molecule has 1 unspecified atom stereocenters. The summed E-state index contributed by atoms with van der Waals surface area (Å²) in [4.78, 5) is 22.0. The normalized spacial score (nSPS) is 11.9. The van der Waals surface area contributed by atoms with E-state index in [9.17, 15) is 14.9 Å². The van der Waals surface area contributed by atoms with Crippen molar-refractivity contribution >= 4 is 11.6 Å². The van der Waals surface area contributed by atoms with Gasteiger partial charge in [0.1, 0.15) is 0 Å². The van der Waals surface area contributed by atoms with E-state index in [1.54, 1.807) is 19.9 Å². The Morgan fingerprint density at radius 3 is 2.78 bits per heavy atom. The number of hydrogen-bond acceptors (Lipinski definition) is 4. The standard InChI is InChI=1S/C12H16N2O4/c1-8(15)6-7-13-12(16)10-4-3-5-11(9(10)2)14(17)18/h3-5,8,15H,6-7H2,1-2H3,(H,13,16). The summed E-state index contributed by atoms with van der Waals surface area (Å²) in [5.41, 5.74) is 0.560. The highest BCUT2D eigenvalue weighted by Crippen LogP contribution is 2.20. The summed E-state index contributed by atoms with van der Waals surface area (Å²) in [6.07, 6.45) is -0.0452. The number of carbonyl (C=O) groups is 1. The molecule has 0 fully saturated rings. The van der Waals surface area contributed by atoms with Crippen LogP contribution in [0.1, 0.15) is 29.3 Å². The van der Waals surface area contributed by atoms with E-state index in [1.165, 1.54) is 12.1 Å². The summed E-state index contributed by atoms with van der Waals surface area (Å²) < 4.78 is 0. The van der Waals surface area contributed by atoms with Crippen LogP contribution in [-0.2, 0) is 0 Å². The van der Waals surface area contributed by atoms with E-state index in [-0.39, 0.29) is 17.2 Å². The number of benzene rings is 1. The van der Waals surface area contributed by atoms with E-state index >= 15 is 0 Å². The molecule has 0 aliphatic heterocycles. The number of nitrogens with zero attached hydrogens (tertiary/aromatic N) is 1. The Hall–Kier alpha value is -1.95. The lowest BCUT2D eigenvalue weighted by molar-refractivity contribution is -0.385. The third-order valence-corrected chi connectivity index (χ3v) is 2.59. The summed E-state index contributed by atoms with van der Waals surface area (Å²) in [6, 6.07) is 4.39. The zero-order valence-corrected chi connectivity index (χ0v) is 10.3. The molecule has 0 saturated heterocycles. The first-order chi connectivity index (χ1) is 8.43. The summed E-state index contributed by atoms with van der Waals surface area (Å²) in [5.74, 6) is -0.364. The molecular formula is C12H16N2O4. The van der Waals surface area contributed by atoms with Crippen molar-refractivity contribution in [1.82, 2.24) is 5.32 Å². The van der Waals surface area contributed by atoms with Crippen molar-refractivity contribution in [2.24, 2.45) is 0 Å². The number of hydrogen-bond donors (Lipinski definition) is 2. The summed E-state index contributed by atoms with van der Waals surface area (Å²) in [7, 11) is 0. The molecule has 0 bridgehead atoms. The predicted octanol–water partition coefficient (Wildman–Crippen LogP) is 1.40. The Morgan fingerprint density at radius 2 is 2.22 bits per heavy atom. The molecule has 1 aromatic carbocycles. The van der Waals surface area contributed by atoms with Crippen LogP contribution in [0.25, 0.3) is 0 Å². The van der Waals surface area contributed by atoms with Crippen LogP contribution in [0.5, 0.6) is 0 Å². The monoisotopic (exact) mass is 252 g/mol. The van der Waals surface area contributed by atoms with E-state index in [1.807, 2.05) is 0 Å². The number of aliphatic hydroxyl groups excluding tert-OH is 1. The quantitative estimate of drug-likeness (QED) is 0.612. The van der Waals surface area contributed by atoms with E-state index in [0.717, 1.165) is 0 Å². The second-order valence-electron chi connectivity index (χ2n) is 4.10. The Morgan fingerprint density at radius 1 is 1.56 bits per heavy atom. The molecule has 1 rings (SSSR count). The van der Waals surface area contributed by atoms with Gasteiger partial charge in [-0.2, -0.15) is 0 Å². The van der Waals surface area contributed by atoms with Crippen molar-refractivity contribution in [2.45, 2.75) is 26.4 Å². The largest absolute Gasteiger partial charge is 0.393 e. The van der Waals surface area contributed by atoms with Crippen LogP contribution in [0.15, 0.2) is 18.2 Å². The Bertz CT molecular complexity index is 457. The van der Waals surface area contributed by atoms with Gasteiger partial charge in [-0.15, -0.1) is 0 Å². The fourth-order valence-electron chi connectivity index (χ4n) is 1.56. The molecular weight excluding hydrogens is 236 g/mol. The smallest absolute Gasteiger partial charge is 0.273 e. The number of rotatable bonds is 5. The molecule has 98 valence electrons. The van der Waals surface area contributed by atoms with Crippen LogP contribution < -0.4 is 5.32 Å². The van der Waals surface area contributed by atoms with Crippen molar-refractivity contribution in [2.75, 3.05) is 6.54 Å². The maximum absolute atomic E-state index is 11.8. The summed E-state index contributed by atoms with van der Waals surface area (Å²) in [6.45, 7) is 3.51. The van der Waals surface area contributed by atoms with Gasteiger partial charge in [0, 0.05) is 23.7 Å². The van der Waals surface area contributed by atoms with E-state index < -0.39 is 11.0 Å². The molecule has 0 heterocycles. The van der Waals surface area contributed by atoms with Crippen LogP contribution in [0.3, 0.4) is 0 Å². The lowest BCUT2D eigenvalue weighted by atomic mass is 10.1. The number of nitro benzene ring substituents is 1. The van der Waals surface area contributed by atoms with Gasteiger partial charge in [0.05, 0.1) is 11.0 Å². The molecule has 2 N–H and O–H groups in total. The van der Waals surface area contributed by atoms with Gasteiger partial charge in [0.2, 0.25) is 0 Å². The minimum Gasteiger partial charge on any atom is -0.393 e. The fourth-order valence-corrected chi connectivity index (χ4v) is 1.56. The highest BCUT2D eigenvalue weighted by Gasteiger charge is 2.17. The molecule has 0 saturated carbocycles. The van der Waals surface area contributed by atoms with Crippen molar-refractivity contribution in [3.63, 3.8) is 0 Å². The van der Waals surface area contributed by atoms with Gasteiger partial charge < -0.3 is 10.4 Å². The van der Waals surface area contributed by atoms with Crippen LogP contribution in [0, 0.1) is 17.0 Å². The van der Waals surface area contributed by atoms with Gasteiger partial charge in [-0.1, -0.05) is 6.07 Å². The highest BCUT2D eigenvalue weighted by atomic mass is 16.6. The Labute approximate surface area is 105 Å². The van der Waals surface area contributed by atoms with Crippen molar-refractivity contribution in [3.05, 3.63) is 39.4 Å². The highest BCUT2D eigenvalue weighted by molar-refractivity contribution is 5.96. The van der Waals surface area contributed by atoms with Crippen LogP contribution in [-0.4, -0.2) is 28.6 Å². The minimum atomic E-state index is -0.512. The average Bonchev–Trinajstić information content (AvgIpc) is 2.28. The lowest BCUT2D eigenvalue weighted by Gasteiger charge is -2.08. The fraction of sp³-hybridized carbons (Fsp3) is 0.417. The maximum Gasteiger partial charge on any atom is 0.273 e. The zero-order chi connectivity index (χ0) is 13.7. The molecule has 0 aromatic heterocycles. The number of carbonyl (C=O) groups excluding carboxylic acids is 1. The van der Waals surface area contributed by atoms with Crippen molar-refractivity contribution < 1.29 is 14.8 Å². The average molecular weight is 252 g/mol. The first-order valence-electron chi connectivity index (χ1n) is 5.63. The minimum absolute atomic E-state index is 0.0711. The van der Waals surface area contributed by atoms with E-state index in [4.69, 9.17) is 5.11 Å². The molecule has 0 aliphatic rings. The van der Waals surface area contributed by atoms with Gasteiger partial charge >= 0.3 is 0 Å². The first kappa shape index (κ1) is 14.1. The van der Waals surface area contributed by atoms with Gasteiger partial charge in [0.25, 0.3) is 11.6 Å². The van der Waals surface area contributed by atoms with Crippen LogP contribution in [0.4, 0.5) is 5.69 Å². The number of nitrogens with one attached hydrogen (secondary N) is 1. The molecule has 0 aliphatic carbocycles. The van der Waals surface area contributed by atoms with Gasteiger partial charge in [-0.3, -0.25) is 14.9 Å². The second-order valence-corrected chi connectivity index (χ2v) is 4.10. The Kier molecular flexibility index (Phi) is 4.79. The number of amides is 1. The third-order valence-electron chi connectivity index (χ3n) is 2.59. The molecule has 1 aromatic rings. The molecule has 0 spiro atoms. The third kappa shape index (κ3) is 3.53. The summed E-state index contributed by atoms with van der Waals surface area (Å²) in [5, 5.41) is 22.4. The van der Waals surface area contributed by atoms with Gasteiger partial charge in [-0.05, 0) is 26.3 Å². The predicted molar refractivity (Wildman–Crippen MR) is 66.5 cm³/mol. The maximum atomic E-state index is 11.8.